The van der Waals surface area contributed by atoms with Crippen molar-refractivity contribution in [1.82, 2.24) is 19.3 Å². The fourth-order valence-electron chi connectivity index (χ4n) is 2.52. The second-order valence-electron chi connectivity index (χ2n) is 5.21. The van der Waals surface area contributed by atoms with E-state index in [0.717, 1.165) is 5.56 Å². The number of rotatable bonds is 2. The lowest BCUT2D eigenvalue weighted by Crippen LogP contribution is -2.20. The molecule has 0 radical (unpaired) electrons. The lowest BCUT2D eigenvalue weighted by molar-refractivity contribution is 0.745. The molecule has 3 aromatic rings. The number of aromatic nitrogens is 4. The van der Waals surface area contributed by atoms with Gasteiger partial charge in [-0.2, -0.15) is 5.10 Å². The standard InChI is InChI=1S/C15H16N4O/c1-10-4-11(2)6-12(5-10)7-19-9-16-14-13(15(19)20)8-18(3)17-14/h4-6,8-9H,7H2,1-3H3. The van der Waals surface area contributed by atoms with Gasteiger partial charge in [-0.1, -0.05) is 29.3 Å². The monoisotopic (exact) mass is 268 g/mol. The van der Waals surface area contributed by atoms with E-state index in [1.54, 1.807) is 28.8 Å². The van der Waals surface area contributed by atoms with Crippen molar-refractivity contribution < 1.29 is 0 Å². The maximum Gasteiger partial charge on any atom is 0.264 e. The number of nitrogens with zero attached hydrogens (tertiary/aromatic N) is 4. The van der Waals surface area contributed by atoms with Crippen molar-refractivity contribution in [3.63, 3.8) is 0 Å². The van der Waals surface area contributed by atoms with E-state index in [4.69, 9.17) is 0 Å². The van der Waals surface area contributed by atoms with Crippen LogP contribution in [0.2, 0.25) is 0 Å². The lowest BCUT2D eigenvalue weighted by atomic mass is 10.1. The van der Waals surface area contributed by atoms with Gasteiger partial charge in [-0.05, 0) is 19.4 Å². The number of aryl methyl sites for hydroxylation is 3. The van der Waals surface area contributed by atoms with Gasteiger partial charge in [0.05, 0.1) is 6.54 Å². The highest BCUT2D eigenvalue weighted by Crippen LogP contribution is 2.10. The van der Waals surface area contributed by atoms with Gasteiger partial charge in [0.15, 0.2) is 5.65 Å². The highest BCUT2D eigenvalue weighted by atomic mass is 16.1. The molecule has 20 heavy (non-hydrogen) atoms. The molecule has 0 aliphatic rings. The van der Waals surface area contributed by atoms with E-state index < -0.39 is 0 Å². The van der Waals surface area contributed by atoms with Crippen molar-refractivity contribution in [2.75, 3.05) is 0 Å². The van der Waals surface area contributed by atoms with Crippen LogP contribution < -0.4 is 5.56 Å². The summed E-state index contributed by atoms with van der Waals surface area (Å²) in [7, 11) is 1.79. The number of fused-ring (bicyclic) bond motifs is 1. The maximum absolute atomic E-state index is 12.4. The van der Waals surface area contributed by atoms with Crippen LogP contribution >= 0.6 is 0 Å². The smallest absolute Gasteiger partial charge is 0.264 e. The van der Waals surface area contributed by atoms with E-state index in [1.807, 2.05) is 0 Å². The number of hydrogen-bond donors (Lipinski definition) is 0. The first-order valence-electron chi connectivity index (χ1n) is 6.49. The van der Waals surface area contributed by atoms with Crippen molar-refractivity contribution in [1.29, 1.82) is 0 Å². The van der Waals surface area contributed by atoms with Crippen molar-refractivity contribution in [2.24, 2.45) is 7.05 Å². The third-order valence-electron chi connectivity index (χ3n) is 3.25. The van der Waals surface area contributed by atoms with E-state index in [2.05, 4.69) is 42.1 Å². The molecular formula is C15H16N4O. The van der Waals surface area contributed by atoms with Crippen LogP contribution in [-0.2, 0) is 13.6 Å². The Hall–Kier alpha value is -2.43. The van der Waals surface area contributed by atoms with E-state index in [0.29, 0.717) is 17.6 Å². The normalized spacial score (nSPS) is 11.2. The van der Waals surface area contributed by atoms with Gasteiger partial charge in [-0.3, -0.25) is 14.0 Å². The van der Waals surface area contributed by atoms with Gasteiger partial charge in [-0.25, -0.2) is 4.98 Å². The highest BCUT2D eigenvalue weighted by molar-refractivity contribution is 5.72. The Bertz CT molecular complexity index is 824. The first-order chi connectivity index (χ1) is 9.52. The third kappa shape index (κ3) is 2.22. The Kier molecular flexibility index (Phi) is 2.89. The highest BCUT2D eigenvalue weighted by Gasteiger charge is 2.08. The summed E-state index contributed by atoms with van der Waals surface area (Å²) in [5, 5.41) is 4.70. The predicted molar refractivity (Wildman–Crippen MR) is 77.8 cm³/mol. The molecule has 5 nitrogen and oxygen atoms in total. The molecule has 0 saturated heterocycles. The molecule has 0 N–H and O–H groups in total. The van der Waals surface area contributed by atoms with Crippen LogP contribution in [0.1, 0.15) is 16.7 Å². The summed E-state index contributed by atoms with van der Waals surface area (Å²) in [4.78, 5) is 16.6. The van der Waals surface area contributed by atoms with E-state index >= 15 is 0 Å². The topological polar surface area (TPSA) is 52.7 Å². The fraction of sp³-hybridized carbons (Fsp3) is 0.267. The Morgan fingerprint density at radius 3 is 2.55 bits per heavy atom. The zero-order valence-corrected chi connectivity index (χ0v) is 11.8. The van der Waals surface area contributed by atoms with Gasteiger partial charge in [0.25, 0.3) is 5.56 Å². The van der Waals surface area contributed by atoms with Gasteiger partial charge in [0, 0.05) is 13.2 Å². The Labute approximate surface area is 116 Å². The second kappa shape index (κ2) is 4.59. The molecule has 2 aromatic heterocycles. The van der Waals surface area contributed by atoms with Gasteiger partial charge >= 0.3 is 0 Å². The maximum atomic E-state index is 12.4. The number of hydrogen-bond acceptors (Lipinski definition) is 3. The largest absolute Gasteiger partial charge is 0.294 e. The van der Waals surface area contributed by atoms with E-state index in [9.17, 15) is 4.79 Å². The molecule has 0 fully saturated rings. The van der Waals surface area contributed by atoms with Crippen LogP contribution in [0.4, 0.5) is 0 Å². The van der Waals surface area contributed by atoms with Crippen LogP contribution in [0.5, 0.6) is 0 Å². The van der Waals surface area contributed by atoms with Crippen LogP contribution in [0.15, 0.2) is 35.5 Å². The molecule has 0 unspecified atom stereocenters. The average Bonchev–Trinajstić information content (AvgIpc) is 2.73. The molecule has 0 aliphatic carbocycles. The molecule has 1 aromatic carbocycles. The summed E-state index contributed by atoms with van der Waals surface area (Å²) in [6.45, 7) is 4.64. The van der Waals surface area contributed by atoms with Crippen molar-refractivity contribution in [2.45, 2.75) is 20.4 Å². The van der Waals surface area contributed by atoms with Crippen LogP contribution in [0, 0.1) is 13.8 Å². The quantitative estimate of drug-likeness (QED) is 0.712. The van der Waals surface area contributed by atoms with Crippen molar-refractivity contribution >= 4 is 11.0 Å². The molecule has 0 atom stereocenters. The Morgan fingerprint density at radius 2 is 1.85 bits per heavy atom. The molecule has 0 bridgehead atoms. The molecule has 0 aliphatic heterocycles. The summed E-state index contributed by atoms with van der Waals surface area (Å²) >= 11 is 0. The van der Waals surface area contributed by atoms with Crippen LogP contribution in [0.3, 0.4) is 0 Å². The summed E-state index contributed by atoms with van der Waals surface area (Å²) < 4.78 is 3.23. The van der Waals surface area contributed by atoms with Gasteiger partial charge in [0.1, 0.15) is 11.7 Å². The van der Waals surface area contributed by atoms with Crippen molar-refractivity contribution in [3.8, 4) is 0 Å². The minimum Gasteiger partial charge on any atom is -0.294 e. The summed E-state index contributed by atoms with van der Waals surface area (Å²) in [5.41, 5.74) is 3.94. The third-order valence-corrected chi connectivity index (χ3v) is 3.25. The average molecular weight is 268 g/mol. The number of benzene rings is 1. The summed E-state index contributed by atoms with van der Waals surface area (Å²) in [6, 6.07) is 6.30. The molecule has 2 heterocycles. The second-order valence-corrected chi connectivity index (χ2v) is 5.21. The van der Waals surface area contributed by atoms with Gasteiger partial charge in [0.2, 0.25) is 0 Å². The minimum atomic E-state index is -0.0535. The lowest BCUT2D eigenvalue weighted by Gasteiger charge is -2.07. The van der Waals surface area contributed by atoms with E-state index in [1.165, 1.54) is 11.1 Å². The van der Waals surface area contributed by atoms with E-state index in [-0.39, 0.29) is 5.56 Å². The molecule has 3 rings (SSSR count). The Balaban J connectivity index is 2.06. The first-order valence-corrected chi connectivity index (χ1v) is 6.49. The first kappa shape index (κ1) is 12.6. The molecule has 0 saturated carbocycles. The van der Waals surface area contributed by atoms with Crippen LogP contribution in [-0.4, -0.2) is 19.3 Å². The van der Waals surface area contributed by atoms with Gasteiger partial charge in [-0.15, -0.1) is 0 Å². The molecule has 0 amide bonds. The van der Waals surface area contributed by atoms with Crippen LogP contribution in [0.25, 0.3) is 11.0 Å². The SMILES string of the molecule is Cc1cc(C)cc(Cn2cnc3nn(C)cc3c2=O)c1. The molecular weight excluding hydrogens is 252 g/mol. The predicted octanol–water partition coefficient (Wildman–Crippen LogP) is 1.80. The molecule has 0 spiro atoms. The molecule has 5 heteroatoms. The van der Waals surface area contributed by atoms with Crippen molar-refractivity contribution in [3.05, 3.63) is 57.8 Å². The minimum absolute atomic E-state index is 0.0535. The zero-order chi connectivity index (χ0) is 14.3. The Morgan fingerprint density at radius 1 is 1.15 bits per heavy atom. The van der Waals surface area contributed by atoms with Gasteiger partial charge < -0.3 is 0 Å². The fourth-order valence-corrected chi connectivity index (χ4v) is 2.52. The summed E-state index contributed by atoms with van der Waals surface area (Å²) in [5.74, 6) is 0. The summed E-state index contributed by atoms with van der Waals surface area (Å²) in [6.07, 6.45) is 3.28. The zero-order valence-electron chi connectivity index (χ0n) is 11.8. The molecule has 102 valence electrons.